The molecule has 0 aromatic heterocycles. The highest BCUT2D eigenvalue weighted by Crippen LogP contribution is 2.15. The van der Waals surface area contributed by atoms with Crippen LogP contribution in [0.2, 0.25) is 5.02 Å². The number of nitrogens with one attached hydrogen (secondary N) is 1. The van der Waals surface area contributed by atoms with Crippen molar-refractivity contribution in [2.75, 3.05) is 6.61 Å². The lowest BCUT2D eigenvalue weighted by atomic mass is 10.1. The van der Waals surface area contributed by atoms with Gasteiger partial charge in [0.1, 0.15) is 5.75 Å². The molecule has 0 radical (unpaired) electrons. The monoisotopic (exact) mass is 316 g/mol. The van der Waals surface area contributed by atoms with Crippen LogP contribution in [0.15, 0.2) is 59.7 Å². The summed E-state index contributed by atoms with van der Waals surface area (Å²) in [7, 11) is 0. The second-order valence-corrected chi connectivity index (χ2v) is 5.22. The van der Waals surface area contributed by atoms with Crippen LogP contribution in [0.1, 0.15) is 12.5 Å². The van der Waals surface area contributed by atoms with Gasteiger partial charge in [-0.15, -0.1) is 0 Å². The summed E-state index contributed by atoms with van der Waals surface area (Å²) < 4.78 is 5.33. The molecule has 0 aliphatic carbocycles. The Morgan fingerprint density at radius 1 is 1.14 bits per heavy atom. The van der Waals surface area contributed by atoms with Gasteiger partial charge in [0.2, 0.25) is 0 Å². The summed E-state index contributed by atoms with van der Waals surface area (Å²) in [4.78, 5) is 11.7. The first-order valence-electron chi connectivity index (χ1n) is 6.88. The van der Waals surface area contributed by atoms with Crippen LogP contribution in [-0.2, 0) is 11.2 Å². The number of rotatable bonds is 6. The predicted molar refractivity (Wildman–Crippen MR) is 88.3 cm³/mol. The van der Waals surface area contributed by atoms with Crippen molar-refractivity contribution in [1.29, 1.82) is 0 Å². The van der Waals surface area contributed by atoms with E-state index in [0.29, 0.717) is 17.2 Å². The van der Waals surface area contributed by atoms with E-state index in [0.717, 1.165) is 11.3 Å². The maximum atomic E-state index is 11.7. The van der Waals surface area contributed by atoms with Crippen molar-refractivity contribution >= 4 is 23.2 Å². The van der Waals surface area contributed by atoms with Crippen molar-refractivity contribution < 1.29 is 9.53 Å². The number of carbonyl (C=O) groups is 1. The Hall–Kier alpha value is -2.33. The van der Waals surface area contributed by atoms with Crippen molar-refractivity contribution in [2.45, 2.75) is 13.3 Å². The van der Waals surface area contributed by atoms with Crippen molar-refractivity contribution in [3.8, 4) is 5.75 Å². The number of hydrogen-bond acceptors (Lipinski definition) is 3. The lowest BCUT2D eigenvalue weighted by Gasteiger charge is -2.06. The normalized spacial score (nSPS) is 11.1. The van der Waals surface area contributed by atoms with Gasteiger partial charge in [0.05, 0.1) is 0 Å². The summed E-state index contributed by atoms with van der Waals surface area (Å²) in [6, 6.07) is 16.8. The average molecular weight is 317 g/mol. The number of hydrogen-bond donors (Lipinski definition) is 1. The van der Waals surface area contributed by atoms with E-state index in [1.54, 1.807) is 24.3 Å². The topological polar surface area (TPSA) is 50.7 Å². The van der Waals surface area contributed by atoms with E-state index < -0.39 is 0 Å². The second kappa shape index (κ2) is 8.20. The molecule has 1 N–H and O–H groups in total. The number of carbonyl (C=O) groups excluding carboxylic acids is 1. The fourth-order valence-corrected chi connectivity index (χ4v) is 1.93. The lowest BCUT2D eigenvalue weighted by molar-refractivity contribution is -0.123. The minimum absolute atomic E-state index is 0.0935. The summed E-state index contributed by atoms with van der Waals surface area (Å²) >= 11 is 5.77. The van der Waals surface area contributed by atoms with Crippen LogP contribution < -0.4 is 10.2 Å². The van der Waals surface area contributed by atoms with Gasteiger partial charge in [0, 0.05) is 17.2 Å². The molecule has 0 aliphatic heterocycles. The molecule has 4 nitrogen and oxygen atoms in total. The van der Waals surface area contributed by atoms with Gasteiger partial charge < -0.3 is 4.74 Å². The number of halogens is 1. The van der Waals surface area contributed by atoms with E-state index in [-0.39, 0.29) is 12.5 Å². The second-order valence-electron chi connectivity index (χ2n) is 4.79. The molecule has 2 aromatic rings. The van der Waals surface area contributed by atoms with Crippen molar-refractivity contribution in [1.82, 2.24) is 5.43 Å². The van der Waals surface area contributed by atoms with Crippen LogP contribution in [-0.4, -0.2) is 18.2 Å². The minimum atomic E-state index is -0.303. The van der Waals surface area contributed by atoms with E-state index in [1.165, 1.54) is 0 Å². The molecule has 0 spiro atoms. The largest absolute Gasteiger partial charge is 0.484 e. The molecule has 22 heavy (non-hydrogen) atoms. The molecule has 0 heterocycles. The number of benzene rings is 2. The van der Waals surface area contributed by atoms with Gasteiger partial charge >= 0.3 is 0 Å². The van der Waals surface area contributed by atoms with Gasteiger partial charge in [-0.25, -0.2) is 5.43 Å². The average Bonchev–Trinajstić information content (AvgIpc) is 2.53. The molecule has 0 saturated heterocycles. The minimum Gasteiger partial charge on any atom is -0.484 e. The molecule has 0 bridgehead atoms. The molecule has 0 atom stereocenters. The van der Waals surface area contributed by atoms with Gasteiger partial charge in [0.15, 0.2) is 6.61 Å². The van der Waals surface area contributed by atoms with Crippen LogP contribution >= 0.6 is 11.6 Å². The lowest BCUT2D eigenvalue weighted by Crippen LogP contribution is -2.25. The first kappa shape index (κ1) is 16.0. The maximum Gasteiger partial charge on any atom is 0.277 e. The third-order valence-corrected chi connectivity index (χ3v) is 3.11. The van der Waals surface area contributed by atoms with Crippen LogP contribution in [0.5, 0.6) is 5.75 Å². The molecule has 114 valence electrons. The Balaban J connectivity index is 1.76. The Morgan fingerprint density at radius 2 is 1.82 bits per heavy atom. The molecule has 0 unspecified atom stereocenters. The summed E-state index contributed by atoms with van der Waals surface area (Å²) in [6.45, 7) is 1.77. The predicted octanol–water partition coefficient (Wildman–Crippen LogP) is 3.45. The van der Waals surface area contributed by atoms with Gasteiger partial charge in [-0.05, 0) is 36.8 Å². The third kappa shape index (κ3) is 5.58. The van der Waals surface area contributed by atoms with Crippen LogP contribution in [0.25, 0.3) is 0 Å². The Labute approximate surface area is 134 Å². The van der Waals surface area contributed by atoms with E-state index >= 15 is 0 Å². The molecule has 0 fully saturated rings. The zero-order valence-electron chi connectivity index (χ0n) is 12.3. The number of ether oxygens (including phenoxy) is 1. The molecule has 0 aliphatic rings. The van der Waals surface area contributed by atoms with E-state index in [1.807, 2.05) is 37.3 Å². The van der Waals surface area contributed by atoms with Crippen LogP contribution in [0, 0.1) is 0 Å². The fraction of sp³-hybridized carbons (Fsp3) is 0.176. The zero-order chi connectivity index (χ0) is 15.8. The number of amides is 1. The van der Waals surface area contributed by atoms with Gasteiger partial charge in [-0.2, -0.15) is 5.10 Å². The highest BCUT2D eigenvalue weighted by atomic mass is 35.5. The number of nitrogens with zero attached hydrogens (tertiary/aromatic N) is 1. The SMILES string of the molecule is C/C(Cc1ccccc1)=N\NC(=O)COc1ccc(Cl)cc1. The number of hydrazone groups is 1. The maximum absolute atomic E-state index is 11.7. The van der Waals surface area contributed by atoms with E-state index in [9.17, 15) is 4.79 Å². The molecular formula is C17H17ClN2O2. The van der Waals surface area contributed by atoms with Crippen LogP contribution in [0.4, 0.5) is 0 Å². The summed E-state index contributed by atoms with van der Waals surface area (Å²) in [5.74, 6) is 0.284. The van der Waals surface area contributed by atoms with Crippen molar-refractivity contribution in [3.05, 3.63) is 65.2 Å². The molecule has 2 rings (SSSR count). The van der Waals surface area contributed by atoms with Crippen molar-refractivity contribution in [2.24, 2.45) is 5.10 Å². The Bertz CT molecular complexity index is 639. The molecule has 0 saturated carbocycles. The summed E-state index contributed by atoms with van der Waals surface area (Å²) in [5, 5.41) is 4.68. The molecule has 2 aromatic carbocycles. The zero-order valence-corrected chi connectivity index (χ0v) is 13.0. The fourth-order valence-electron chi connectivity index (χ4n) is 1.80. The molecule has 1 amide bonds. The first-order chi connectivity index (χ1) is 10.6. The van der Waals surface area contributed by atoms with Gasteiger partial charge in [0.25, 0.3) is 5.91 Å². The highest BCUT2D eigenvalue weighted by Gasteiger charge is 2.02. The van der Waals surface area contributed by atoms with Gasteiger partial charge in [-0.3, -0.25) is 4.79 Å². The third-order valence-electron chi connectivity index (χ3n) is 2.86. The van der Waals surface area contributed by atoms with E-state index in [2.05, 4.69) is 10.5 Å². The Morgan fingerprint density at radius 3 is 2.50 bits per heavy atom. The first-order valence-corrected chi connectivity index (χ1v) is 7.25. The summed E-state index contributed by atoms with van der Waals surface area (Å²) in [6.07, 6.45) is 0.694. The van der Waals surface area contributed by atoms with Gasteiger partial charge in [-0.1, -0.05) is 41.9 Å². The quantitative estimate of drug-likeness (QED) is 0.655. The standard InChI is InChI=1S/C17H17ClN2O2/c1-13(11-14-5-3-2-4-6-14)19-20-17(21)12-22-16-9-7-15(18)8-10-16/h2-10H,11-12H2,1H3,(H,20,21)/b19-13+. The van der Waals surface area contributed by atoms with E-state index in [4.69, 9.17) is 16.3 Å². The smallest absolute Gasteiger partial charge is 0.277 e. The van der Waals surface area contributed by atoms with Crippen molar-refractivity contribution in [3.63, 3.8) is 0 Å². The molecular weight excluding hydrogens is 300 g/mol. The Kier molecular flexibility index (Phi) is 5.98. The van der Waals surface area contributed by atoms with Crippen LogP contribution in [0.3, 0.4) is 0 Å². The summed E-state index contributed by atoms with van der Waals surface area (Å²) in [5.41, 5.74) is 4.46. The molecule has 5 heteroatoms. The highest BCUT2D eigenvalue weighted by molar-refractivity contribution is 6.30.